The molecule has 1 aromatic heterocycles. The minimum absolute atomic E-state index is 0.187. The van der Waals surface area contributed by atoms with Crippen molar-refractivity contribution in [1.29, 1.82) is 0 Å². The number of aliphatic hydroxyl groups is 1. The molecular formula is C15H20ClN3O. The van der Waals surface area contributed by atoms with Crippen LogP contribution in [-0.2, 0) is 0 Å². The van der Waals surface area contributed by atoms with Crippen LogP contribution in [0.3, 0.4) is 0 Å². The first-order chi connectivity index (χ1) is 9.59. The molecule has 0 amide bonds. The molecule has 0 aliphatic rings. The van der Waals surface area contributed by atoms with E-state index in [4.69, 9.17) is 11.6 Å². The van der Waals surface area contributed by atoms with Crippen molar-refractivity contribution < 1.29 is 5.11 Å². The summed E-state index contributed by atoms with van der Waals surface area (Å²) in [7, 11) is 0. The van der Waals surface area contributed by atoms with E-state index in [0.29, 0.717) is 11.6 Å². The van der Waals surface area contributed by atoms with E-state index in [1.807, 2.05) is 35.1 Å². The van der Waals surface area contributed by atoms with Crippen LogP contribution in [0.5, 0.6) is 0 Å². The van der Waals surface area contributed by atoms with Gasteiger partial charge in [0.15, 0.2) is 0 Å². The maximum atomic E-state index is 10.2. The molecule has 1 heterocycles. The lowest BCUT2D eigenvalue weighted by Gasteiger charge is -2.23. The van der Waals surface area contributed by atoms with Crippen molar-refractivity contribution in [3.05, 3.63) is 53.3 Å². The Labute approximate surface area is 124 Å². The highest BCUT2D eigenvalue weighted by Crippen LogP contribution is 2.22. The molecular weight excluding hydrogens is 274 g/mol. The number of aromatic nitrogens is 2. The Morgan fingerprint density at radius 1 is 1.30 bits per heavy atom. The topological polar surface area (TPSA) is 50.1 Å². The average Bonchev–Trinajstić information content (AvgIpc) is 2.98. The van der Waals surface area contributed by atoms with Crippen molar-refractivity contribution in [3.63, 3.8) is 0 Å². The standard InChI is InChI=1S/C15H20ClN3O/c1-11(12(2)19-9-5-8-18-19)17-10-15(20)13-6-3-4-7-14(13)16/h3-9,11-12,15,17,20H,10H2,1-2H3/t11-,12+,15-/m0/s1. The fourth-order valence-corrected chi connectivity index (χ4v) is 2.34. The predicted molar refractivity (Wildman–Crippen MR) is 80.8 cm³/mol. The molecule has 0 saturated heterocycles. The van der Waals surface area contributed by atoms with Crippen molar-refractivity contribution in [2.24, 2.45) is 0 Å². The van der Waals surface area contributed by atoms with Gasteiger partial charge in [0.1, 0.15) is 0 Å². The van der Waals surface area contributed by atoms with Gasteiger partial charge in [-0.05, 0) is 26.0 Å². The molecule has 5 heteroatoms. The highest BCUT2D eigenvalue weighted by Gasteiger charge is 2.16. The molecule has 4 nitrogen and oxygen atoms in total. The van der Waals surface area contributed by atoms with E-state index in [-0.39, 0.29) is 12.1 Å². The summed E-state index contributed by atoms with van der Waals surface area (Å²) >= 11 is 6.08. The normalized spacial score (nSPS) is 15.8. The van der Waals surface area contributed by atoms with Crippen LogP contribution < -0.4 is 5.32 Å². The first-order valence-corrected chi connectivity index (χ1v) is 7.12. The summed E-state index contributed by atoms with van der Waals surface area (Å²) < 4.78 is 1.90. The number of nitrogens with zero attached hydrogens (tertiary/aromatic N) is 2. The predicted octanol–water partition coefficient (Wildman–Crippen LogP) is 2.81. The summed E-state index contributed by atoms with van der Waals surface area (Å²) in [4.78, 5) is 0. The molecule has 3 atom stereocenters. The lowest BCUT2D eigenvalue weighted by Crippen LogP contribution is -2.36. The van der Waals surface area contributed by atoms with E-state index < -0.39 is 6.10 Å². The monoisotopic (exact) mass is 293 g/mol. The van der Waals surface area contributed by atoms with Gasteiger partial charge in [0.25, 0.3) is 0 Å². The molecule has 2 rings (SSSR count). The van der Waals surface area contributed by atoms with Crippen molar-refractivity contribution in [1.82, 2.24) is 15.1 Å². The van der Waals surface area contributed by atoms with Gasteiger partial charge < -0.3 is 10.4 Å². The van der Waals surface area contributed by atoms with Crippen molar-refractivity contribution in [2.75, 3.05) is 6.54 Å². The third kappa shape index (κ3) is 3.60. The SMILES string of the molecule is C[C@H](NC[C@H](O)c1ccccc1Cl)[C@@H](C)n1cccn1. The van der Waals surface area contributed by atoms with Gasteiger partial charge in [0.2, 0.25) is 0 Å². The Morgan fingerprint density at radius 3 is 2.70 bits per heavy atom. The van der Waals surface area contributed by atoms with Crippen LogP contribution >= 0.6 is 11.6 Å². The van der Waals surface area contributed by atoms with Crippen LogP contribution in [-0.4, -0.2) is 27.5 Å². The smallest absolute Gasteiger partial charge is 0.0928 e. The Kier molecular flexibility index (Phi) is 5.17. The van der Waals surface area contributed by atoms with Crippen LogP contribution in [0, 0.1) is 0 Å². The van der Waals surface area contributed by atoms with Crippen molar-refractivity contribution in [3.8, 4) is 0 Å². The number of benzene rings is 1. The van der Waals surface area contributed by atoms with E-state index in [1.54, 1.807) is 12.3 Å². The van der Waals surface area contributed by atoms with Crippen molar-refractivity contribution >= 4 is 11.6 Å². The first kappa shape index (κ1) is 15.0. The van der Waals surface area contributed by atoms with Crippen LogP contribution in [0.25, 0.3) is 0 Å². The van der Waals surface area contributed by atoms with Gasteiger partial charge in [0, 0.05) is 35.6 Å². The van der Waals surface area contributed by atoms with Crippen LogP contribution in [0.4, 0.5) is 0 Å². The maximum absolute atomic E-state index is 10.2. The second-order valence-electron chi connectivity index (χ2n) is 4.96. The van der Waals surface area contributed by atoms with Gasteiger partial charge >= 0.3 is 0 Å². The van der Waals surface area contributed by atoms with E-state index >= 15 is 0 Å². The minimum atomic E-state index is -0.615. The lowest BCUT2D eigenvalue weighted by molar-refractivity contribution is 0.166. The summed E-state index contributed by atoms with van der Waals surface area (Å²) in [6.45, 7) is 4.62. The molecule has 0 aliphatic heterocycles. The second kappa shape index (κ2) is 6.88. The summed E-state index contributed by atoms with van der Waals surface area (Å²) in [6, 6.07) is 9.67. The zero-order valence-electron chi connectivity index (χ0n) is 11.7. The number of rotatable bonds is 6. The number of halogens is 1. The largest absolute Gasteiger partial charge is 0.387 e. The molecule has 0 fully saturated rings. The molecule has 0 aliphatic carbocycles. The van der Waals surface area contributed by atoms with E-state index in [0.717, 1.165) is 5.56 Å². The van der Waals surface area contributed by atoms with Gasteiger partial charge in [-0.15, -0.1) is 0 Å². The Morgan fingerprint density at radius 2 is 2.05 bits per heavy atom. The zero-order valence-corrected chi connectivity index (χ0v) is 12.5. The van der Waals surface area contributed by atoms with Gasteiger partial charge in [0.05, 0.1) is 12.1 Å². The first-order valence-electron chi connectivity index (χ1n) is 6.74. The third-order valence-electron chi connectivity index (χ3n) is 3.56. The van der Waals surface area contributed by atoms with Crippen LogP contribution in [0.1, 0.15) is 31.6 Å². The van der Waals surface area contributed by atoms with E-state index in [2.05, 4.69) is 24.3 Å². The zero-order chi connectivity index (χ0) is 14.5. The molecule has 0 bridgehead atoms. The highest BCUT2D eigenvalue weighted by molar-refractivity contribution is 6.31. The van der Waals surface area contributed by atoms with Crippen LogP contribution in [0.2, 0.25) is 5.02 Å². The third-order valence-corrected chi connectivity index (χ3v) is 3.91. The molecule has 2 N–H and O–H groups in total. The van der Waals surface area contributed by atoms with Gasteiger partial charge in [-0.2, -0.15) is 5.10 Å². The molecule has 0 unspecified atom stereocenters. The molecule has 108 valence electrons. The van der Waals surface area contributed by atoms with Gasteiger partial charge in [-0.1, -0.05) is 29.8 Å². The van der Waals surface area contributed by atoms with E-state index in [9.17, 15) is 5.11 Å². The molecule has 20 heavy (non-hydrogen) atoms. The van der Waals surface area contributed by atoms with E-state index in [1.165, 1.54) is 0 Å². The Bertz CT molecular complexity index is 530. The summed E-state index contributed by atoms with van der Waals surface area (Å²) in [5.74, 6) is 0. The minimum Gasteiger partial charge on any atom is -0.387 e. The fraction of sp³-hybridized carbons (Fsp3) is 0.400. The second-order valence-corrected chi connectivity index (χ2v) is 5.37. The summed E-state index contributed by atoms with van der Waals surface area (Å²) in [5, 5.41) is 18.3. The maximum Gasteiger partial charge on any atom is 0.0928 e. The number of aliphatic hydroxyl groups excluding tert-OH is 1. The summed E-state index contributed by atoms with van der Waals surface area (Å²) in [6.07, 6.45) is 3.09. The molecule has 2 aromatic rings. The molecule has 0 spiro atoms. The van der Waals surface area contributed by atoms with Gasteiger partial charge in [-0.3, -0.25) is 4.68 Å². The molecule has 0 saturated carbocycles. The van der Waals surface area contributed by atoms with Gasteiger partial charge in [-0.25, -0.2) is 0 Å². The Balaban J connectivity index is 1.90. The number of hydrogen-bond donors (Lipinski definition) is 2. The highest BCUT2D eigenvalue weighted by atomic mass is 35.5. The fourth-order valence-electron chi connectivity index (χ4n) is 2.07. The number of nitrogens with one attached hydrogen (secondary N) is 1. The Hall–Kier alpha value is -1.36. The number of hydrogen-bond acceptors (Lipinski definition) is 3. The van der Waals surface area contributed by atoms with Crippen LogP contribution in [0.15, 0.2) is 42.7 Å². The van der Waals surface area contributed by atoms with Crippen molar-refractivity contribution in [2.45, 2.75) is 32.0 Å². The molecule has 1 aromatic carbocycles. The molecule has 0 radical (unpaired) electrons. The average molecular weight is 294 g/mol. The quantitative estimate of drug-likeness (QED) is 0.861. The summed E-state index contributed by atoms with van der Waals surface area (Å²) in [5.41, 5.74) is 0.751. The lowest BCUT2D eigenvalue weighted by atomic mass is 10.1.